The van der Waals surface area contributed by atoms with Gasteiger partial charge in [-0.2, -0.15) is 0 Å². The molecule has 0 aliphatic rings. The predicted octanol–water partition coefficient (Wildman–Crippen LogP) is 2.14. The summed E-state index contributed by atoms with van der Waals surface area (Å²) in [5, 5.41) is 0. The molecular formula is C12H12N2O2. The Morgan fingerprint density at radius 2 is 1.94 bits per heavy atom. The van der Waals surface area contributed by atoms with Gasteiger partial charge in [0.25, 0.3) is 5.91 Å². The lowest BCUT2D eigenvalue weighted by atomic mass is 10.2. The van der Waals surface area contributed by atoms with Crippen molar-refractivity contribution >= 4 is 17.3 Å². The summed E-state index contributed by atoms with van der Waals surface area (Å²) in [4.78, 5) is 13.4. The average molecular weight is 216 g/mol. The highest BCUT2D eigenvalue weighted by Gasteiger charge is 2.15. The van der Waals surface area contributed by atoms with Gasteiger partial charge < -0.3 is 15.1 Å². The molecule has 4 heteroatoms. The number of carbonyl (C=O) groups excluding carboxylic acids is 1. The van der Waals surface area contributed by atoms with Crippen LogP contribution < -0.4 is 10.6 Å². The molecule has 4 nitrogen and oxygen atoms in total. The van der Waals surface area contributed by atoms with Crippen LogP contribution in [0.3, 0.4) is 0 Å². The lowest BCUT2D eigenvalue weighted by molar-refractivity contribution is 0.0966. The van der Waals surface area contributed by atoms with E-state index in [1.165, 1.54) is 11.2 Å². The number of benzene rings is 1. The van der Waals surface area contributed by atoms with Crippen molar-refractivity contribution in [3.05, 3.63) is 48.4 Å². The van der Waals surface area contributed by atoms with Gasteiger partial charge >= 0.3 is 0 Å². The molecule has 0 spiro atoms. The zero-order chi connectivity index (χ0) is 11.5. The summed E-state index contributed by atoms with van der Waals surface area (Å²) in [5.74, 6) is 0.133. The van der Waals surface area contributed by atoms with Crippen molar-refractivity contribution in [2.75, 3.05) is 17.7 Å². The van der Waals surface area contributed by atoms with Crippen LogP contribution >= 0.6 is 0 Å². The maximum Gasteiger partial charge on any atom is 0.293 e. The molecular weight excluding hydrogens is 204 g/mol. The lowest BCUT2D eigenvalue weighted by Gasteiger charge is -2.15. The number of furan rings is 1. The van der Waals surface area contributed by atoms with Crippen LogP contribution in [0.25, 0.3) is 0 Å². The molecule has 1 heterocycles. The van der Waals surface area contributed by atoms with Crippen LogP contribution in [0.15, 0.2) is 47.1 Å². The van der Waals surface area contributed by atoms with Crippen molar-refractivity contribution in [3.63, 3.8) is 0 Å². The van der Waals surface area contributed by atoms with Crippen LogP contribution in [0.5, 0.6) is 0 Å². The second-order valence-corrected chi connectivity index (χ2v) is 3.43. The maximum absolute atomic E-state index is 11.9. The molecule has 0 saturated carbocycles. The number of nitrogen functional groups attached to an aromatic ring is 1. The summed E-state index contributed by atoms with van der Waals surface area (Å²) in [5.41, 5.74) is 7.02. The number of nitrogens with two attached hydrogens (primary N) is 1. The average Bonchev–Trinajstić information content (AvgIpc) is 2.81. The van der Waals surface area contributed by atoms with Crippen LogP contribution in [0, 0.1) is 0 Å². The van der Waals surface area contributed by atoms with E-state index in [-0.39, 0.29) is 5.91 Å². The molecule has 1 aromatic carbocycles. The van der Waals surface area contributed by atoms with Gasteiger partial charge in [0.2, 0.25) is 0 Å². The van der Waals surface area contributed by atoms with Crippen molar-refractivity contribution in [2.45, 2.75) is 0 Å². The first-order chi connectivity index (χ1) is 7.68. The molecule has 0 atom stereocenters. The van der Waals surface area contributed by atoms with E-state index in [1.807, 2.05) is 0 Å². The Hall–Kier alpha value is -2.23. The van der Waals surface area contributed by atoms with E-state index in [9.17, 15) is 4.79 Å². The van der Waals surface area contributed by atoms with Crippen molar-refractivity contribution in [3.8, 4) is 0 Å². The molecule has 82 valence electrons. The summed E-state index contributed by atoms with van der Waals surface area (Å²) < 4.78 is 5.05. The minimum atomic E-state index is -0.185. The van der Waals surface area contributed by atoms with Gasteiger partial charge in [-0.1, -0.05) is 0 Å². The van der Waals surface area contributed by atoms with E-state index < -0.39 is 0 Å². The highest BCUT2D eigenvalue weighted by atomic mass is 16.3. The minimum Gasteiger partial charge on any atom is -0.459 e. The molecule has 0 aliphatic heterocycles. The minimum absolute atomic E-state index is 0.185. The van der Waals surface area contributed by atoms with Crippen LogP contribution in [-0.4, -0.2) is 13.0 Å². The summed E-state index contributed by atoms with van der Waals surface area (Å²) in [6.45, 7) is 0. The van der Waals surface area contributed by atoms with Gasteiger partial charge in [-0.3, -0.25) is 4.79 Å². The van der Waals surface area contributed by atoms with E-state index in [0.717, 1.165) is 5.69 Å². The summed E-state index contributed by atoms with van der Waals surface area (Å²) in [7, 11) is 1.69. The molecule has 0 aliphatic carbocycles. The zero-order valence-electron chi connectivity index (χ0n) is 8.88. The Kier molecular flexibility index (Phi) is 2.64. The Balaban J connectivity index is 2.22. The quantitative estimate of drug-likeness (QED) is 0.782. The fourth-order valence-corrected chi connectivity index (χ4v) is 1.38. The first-order valence-corrected chi connectivity index (χ1v) is 4.85. The van der Waals surface area contributed by atoms with Gasteiger partial charge in [-0.25, -0.2) is 0 Å². The molecule has 2 N–H and O–H groups in total. The van der Waals surface area contributed by atoms with E-state index >= 15 is 0 Å². The third-order valence-electron chi connectivity index (χ3n) is 2.32. The molecule has 0 fully saturated rings. The molecule has 2 rings (SSSR count). The second-order valence-electron chi connectivity index (χ2n) is 3.43. The van der Waals surface area contributed by atoms with Gasteiger partial charge in [0.1, 0.15) is 0 Å². The number of carbonyl (C=O) groups is 1. The number of anilines is 2. The molecule has 1 amide bonds. The summed E-state index contributed by atoms with van der Waals surface area (Å²) >= 11 is 0. The van der Waals surface area contributed by atoms with Crippen molar-refractivity contribution in [1.82, 2.24) is 0 Å². The normalized spacial score (nSPS) is 10.1. The number of hydrogen-bond acceptors (Lipinski definition) is 3. The first kappa shape index (κ1) is 10.3. The van der Waals surface area contributed by atoms with Crippen molar-refractivity contribution in [1.29, 1.82) is 0 Å². The molecule has 2 aromatic rings. The van der Waals surface area contributed by atoms with E-state index in [1.54, 1.807) is 43.4 Å². The van der Waals surface area contributed by atoms with Gasteiger partial charge in [-0.05, 0) is 36.4 Å². The van der Waals surface area contributed by atoms with Gasteiger partial charge in [0.15, 0.2) is 5.76 Å². The number of hydrogen-bond donors (Lipinski definition) is 1. The lowest BCUT2D eigenvalue weighted by Crippen LogP contribution is -2.25. The Bertz CT molecular complexity index is 474. The van der Waals surface area contributed by atoms with E-state index in [4.69, 9.17) is 10.2 Å². The third kappa shape index (κ3) is 1.91. The molecule has 0 saturated heterocycles. The Morgan fingerprint density at radius 1 is 1.25 bits per heavy atom. The number of amides is 1. The smallest absolute Gasteiger partial charge is 0.293 e. The SMILES string of the molecule is CN(C(=O)c1ccco1)c1ccc(N)cc1. The standard InChI is InChI=1S/C12H12N2O2/c1-14(10-6-4-9(13)5-7-10)12(15)11-3-2-8-16-11/h2-8H,13H2,1H3. The maximum atomic E-state index is 11.9. The Morgan fingerprint density at radius 3 is 2.50 bits per heavy atom. The van der Waals surface area contributed by atoms with Gasteiger partial charge in [0.05, 0.1) is 6.26 Å². The van der Waals surface area contributed by atoms with Crippen LogP contribution in [0.1, 0.15) is 10.6 Å². The Labute approximate surface area is 93.3 Å². The molecule has 1 aromatic heterocycles. The molecule has 16 heavy (non-hydrogen) atoms. The number of nitrogens with zero attached hydrogens (tertiary/aromatic N) is 1. The monoisotopic (exact) mass is 216 g/mol. The van der Waals surface area contributed by atoms with Crippen molar-refractivity contribution < 1.29 is 9.21 Å². The number of rotatable bonds is 2. The topological polar surface area (TPSA) is 59.5 Å². The van der Waals surface area contributed by atoms with E-state index in [0.29, 0.717) is 11.4 Å². The van der Waals surface area contributed by atoms with E-state index in [2.05, 4.69) is 0 Å². The van der Waals surface area contributed by atoms with Crippen LogP contribution in [-0.2, 0) is 0 Å². The fraction of sp³-hybridized carbons (Fsp3) is 0.0833. The first-order valence-electron chi connectivity index (χ1n) is 4.85. The van der Waals surface area contributed by atoms with Crippen LogP contribution in [0.4, 0.5) is 11.4 Å². The summed E-state index contributed by atoms with van der Waals surface area (Å²) in [6, 6.07) is 10.4. The summed E-state index contributed by atoms with van der Waals surface area (Å²) in [6.07, 6.45) is 1.48. The predicted molar refractivity (Wildman–Crippen MR) is 62.3 cm³/mol. The molecule has 0 unspecified atom stereocenters. The largest absolute Gasteiger partial charge is 0.459 e. The zero-order valence-corrected chi connectivity index (χ0v) is 8.88. The fourth-order valence-electron chi connectivity index (χ4n) is 1.38. The second kappa shape index (κ2) is 4.10. The molecule has 0 bridgehead atoms. The molecule has 0 radical (unpaired) electrons. The highest BCUT2D eigenvalue weighted by Crippen LogP contribution is 2.17. The third-order valence-corrected chi connectivity index (χ3v) is 2.32. The van der Waals surface area contributed by atoms with Gasteiger partial charge in [-0.15, -0.1) is 0 Å². The van der Waals surface area contributed by atoms with Crippen molar-refractivity contribution in [2.24, 2.45) is 0 Å². The van der Waals surface area contributed by atoms with Crippen LogP contribution in [0.2, 0.25) is 0 Å². The highest BCUT2D eigenvalue weighted by molar-refractivity contribution is 6.03. The van der Waals surface area contributed by atoms with Gasteiger partial charge in [0, 0.05) is 18.4 Å².